The third-order valence-electron chi connectivity index (χ3n) is 2.64. The fourth-order valence-electron chi connectivity index (χ4n) is 1.79. The first kappa shape index (κ1) is 10.2. The van der Waals surface area contributed by atoms with Gasteiger partial charge in [-0.2, -0.15) is 0 Å². The lowest BCUT2D eigenvalue weighted by Gasteiger charge is -2.03. The van der Waals surface area contributed by atoms with E-state index in [2.05, 4.69) is 21.4 Å². The van der Waals surface area contributed by atoms with Crippen LogP contribution in [0.2, 0.25) is 0 Å². The van der Waals surface area contributed by atoms with Gasteiger partial charge < -0.3 is 4.74 Å². The minimum atomic E-state index is 0.860. The van der Waals surface area contributed by atoms with Crippen LogP contribution in [0.25, 0.3) is 21.3 Å². The number of ether oxygens (including phenoxy) is 1. The zero-order chi connectivity index (χ0) is 11.7. The van der Waals surface area contributed by atoms with Crippen molar-refractivity contribution in [3.8, 4) is 16.9 Å². The van der Waals surface area contributed by atoms with Crippen molar-refractivity contribution in [3.63, 3.8) is 0 Å². The highest BCUT2D eigenvalue weighted by molar-refractivity contribution is 7.17. The van der Waals surface area contributed by atoms with Crippen molar-refractivity contribution >= 4 is 21.6 Å². The van der Waals surface area contributed by atoms with Gasteiger partial charge >= 0.3 is 0 Å². The lowest BCUT2D eigenvalue weighted by molar-refractivity contribution is 0.415. The second kappa shape index (κ2) is 4.14. The summed E-state index contributed by atoms with van der Waals surface area (Å²) in [6.07, 6.45) is 3.43. The Labute approximate surface area is 103 Å². The quantitative estimate of drug-likeness (QED) is 0.691. The molecule has 0 aliphatic rings. The molecule has 84 valence electrons. The Morgan fingerprint density at radius 1 is 1.29 bits per heavy atom. The molecule has 0 aliphatic heterocycles. The number of hydrogen-bond acceptors (Lipinski definition) is 4. The highest BCUT2D eigenvalue weighted by atomic mass is 32.1. The molecule has 0 amide bonds. The van der Waals surface area contributed by atoms with E-state index >= 15 is 0 Å². The third kappa shape index (κ3) is 1.76. The lowest BCUT2D eigenvalue weighted by atomic mass is 10.1. The number of hydrogen-bond donors (Lipinski definition) is 0. The van der Waals surface area contributed by atoms with E-state index < -0.39 is 0 Å². The third-order valence-corrected chi connectivity index (χ3v) is 3.54. The van der Waals surface area contributed by atoms with Gasteiger partial charge in [0.25, 0.3) is 0 Å². The first-order chi connectivity index (χ1) is 8.38. The van der Waals surface area contributed by atoms with Crippen molar-refractivity contribution in [2.45, 2.75) is 0 Å². The molecule has 0 unspecified atom stereocenters. The Bertz CT molecular complexity index is 663. The van der Waals surface area contributed by atoms with Crippen LogP contribution in [0.5, 0.6) is 5.75 Å². The zero-order valence-corrected chi connectivity index (χ0v) is 10.1. The molecular weight excluding hydrogens is 232 g/mol. The molecule has 17 heavy (non-hydrogen) atoms. The average molecular weight is 242 g/mol. The molecule has 2 heterocycles. The van der Waals surface area contributed by atoms with Gasteiger partial charge in [-0.1, -0.05) is 12.1 Å². The van der Waals surface area contributed by atoms with Crippen LogP contribution < -0.4 is 4.74 Å². The van der Waals surface area contributed by atoms with Gasteiger partial charge in [-0.3, -0.25) is 0 Å². The molecule has 2 aromatic heterocycles. The van der Waals surface area contributed by atoms with Gasteiger partial charge in [-0.25, -0.2) is 9.97 Å². The molecule has 3 aromatic rings. The summed E-state index contributed by atoms with van der Waals surface area (Å²) in [6.45, 7) is 0. The standard InChI is InChI=1S/C13H10N2OS/c1-16-10-4-2-3-9(5-10)12-7-17-13-11(12)6-14-8-15-13/h2-8H,1H3. The fourth-order valence-corrected chi connectivity index (χ4v) is 2.68. The van der Waals surface area contributed by atoms with E-state index in [1.165, 1.54) is 0 Å². The maximum absolute atomic E-state index is 5.24. The normalized spacial score (nSPS) is 10.6. The first-order valence-corrected chi connectivity index (χ1v) is 6.08. The molecule has 0 bridgehead atoms. The van der Waals surface area contributed by atoms with Crippen LogP contribution in [-0.4, -0.2) is 17.1 Å². The van der Waals surface area contributed by atoms with Crippen LogP contribution >= 0.6 is 11.3 Å². The second-order valence-electron chi connectivity index (χ2n) is 3.62. The highest BCUT2D eigenvalue weighted by Gasteiger charge is 2.07. The van der Waals surface area contributed by atoms with Crippen LogP contribution in [0.3, 0.4) is 0 Å². The summed E-state index contributed by atoms with van der Waals surface area (Å²) >= 11 is 1.63. The van der Waals surface area contributed by atoms with E-state index in [-0.39, 0.29) is 0 Å². The van der Waals surface area contributed by atoms with Crippen molar-refractivity contribution in [1.29, 1.82) is 0 Å². The van der Waals surface area contributed by atoms with Crippen molar-refractivity contribution < 1.29 is 4.74 Å². The van der Waals surface area contributed by atoms with E-state index in [9.17, 15) is 0 Å². The summed E-state index contributed by atoms with van der Waals surface area (Å²) < 4.78 is 5.24. The summed E-state index contributed by atoms with van der Waals surface area (Å²) in [6, 6.07) is 8.02. The predicted octanol–water partition coefficient (Wildman–Crippen LogP) is 3.37. The molecule has 0 atom stereocenters. The number of aromatic nitrogens is 2. The number of benzene rings is 1. The molecule has 0 aliphatic carbocycles. The summed E-state index contributed by atoms with van der Waals surface area (Å²) in [4.78, 5) is 9.34. The van der Waals surface area contributed by atoms with Crippen molar-refractivity contribution in [1.82, 2.24) is 9.97 Å². The monoisotopic (exact) mass is 242 g/mol. The number of nitrogens with zero attached hydrogens (tertiary/aromatic N) is 2. The maximum Gasteiger partial charge on any atom is 0.127 e. The summed E-state index contributed by atoms with van der Waals surface area (Å²) in [5.74, 6) is 0.860. The van der Waals surface area contributed by atoms with Crippen molar-refractivity contribution in [2.24, 2.45) is 0 Å². The van der Waals surface area contributed by atoms with Crippen molar-refractivity contribution in [2.75, 3.05) is 7.11 Å². The maximum atomic E-state index is 5.24. The number of rotatable bonds is 2. The Balaban J connectivity index is 2.20. The van der Waals surface area contributed by atoms with Crippen LogP contribution in [-0.2, 0) is 0 Å². The van der Waals surface area contributed by atoms with Crippen LogP contribution in [0.1, 0.15) is 0 Å². The smallest absolute Gasteiger partial charge is 0.127 e. The fraction of sp³-hybridized carbons (Fsp3) is 0.0769. The zero-order valence-electron chi connectivity index (χ0n) is 9.25. The van der Waals surface area contributed by atoms with E-state index in [1.54, 1.807) is 24.8 Å². The summed E-state index contributed by atoms with van der Waals surface area (Å²) in [7, 11) is 1.67. The van der Waals surface area contributed by atoms with Gasteiger partial charge in [-0.05, 0) is 17.7 Å². The van der Waals surface area contributed by atoms with Crippen LogP contribution in [0.4, 0.5) is 0 Å². The van der Waals surface area contributed by atoms with Gasteiger partial charge in [0.1, 0.15) is 16.9 Å². The molecule has 0 N–H and O–H groups in total. The number of methoxy groups -OCH3 is 1. The molecule has 0 radical (unpaired) electrons. The SMILES string of the molecule is COc1cccc(-c2csc3ncncc23)c1. The Hall–Kier alpha value is -1.94. The van der Waals surface area contributed by atoms with E-state index in [1.807, 2.05) is 24.4 Å². The predicted molar refractivity (Wildman–Crippen MR) is 69.4 cm³/mol. The minimum absolute atomic E-state index is 0.860. The molecule has 1 aromatic carbocycles. The molecule has 0 spiro atoms. The molecule has 0 saturated heterocycles. The topological polar surface area (TPSA) is 35.0 Å². The van der Waals surface area contributed by atoms with Crippen LogP contribution in [0, 0.1) is 0 Å². The van der Waals surface area contributed by atoms with Gasteiger partial charge in [0.15, 0.2) is 0 Å². The van der Waals surface area contributed by atoms with E-state index in [4.69, 9.17) is 4.74 Å². The van der Waals surface area contributed by atoms with Crippen LogP contribution in [0.15, 0.2) is 42.2 Å². The highest BCUT2D eigenvalue weighted by Crippen LogP contribution is 2.33. The van der Waals surface area contributed by atoms with Crippen molar-refractivity contribution in [3.05, 3.63) is 42.2 Å². The Kier molecular flexibility index (Phi) is 2.49. The molecule has 3 rings (SSSR count). The molecule has 4 heteroatoms. The largest absolute Gasteiger partial charge is 0.497 e. The second-order valence-corrected chi connectivity index (χ2v) is 4.48. The minimum Gasteiger partial charge on any atom is -0.497 e. The Morgan fingerprint density at radius 3 is 3.12 bits per heavy atom. The van der Waals surface area contributed by atoms with Gasteiger partial charge in [0.05, 0.1) is 7.11 Å². The first-order valence-electron chi connectivity index (χ1n) is 5.20. The van der Waals surface area contributed by atoms with Gasteiger partial charge in [0.2, 0.25) is 0 Å². The lowest BCUT2D eigenvalue weighted by Crippen LogP contribution is -1.83. The summed E-state index contributed by atoms with van der Waals surface area (Å²) in [5, 5.41) is 3.19. The van der Waals surface area contributed by atoms with E-state index in [0.29, 0.717) is 0 Å². The molecular formula is C13H10N2OS. The number of fused-ring (bicyclic) bond motifs is 1. The average Bonchev–Trinajstić information content (AvgIpc) is 2.82. The molecule has 0 fully saturated rings. The van der Waals surface area contributed by atoms with E-state index in [0.717, 1.165) is 27.1 Å². The Morgan fingerprint density at radius 2 is 2.24 bits per heavy atom. The van der Waals surface area contributed by atoms with Gasteiger partial charge in [0, 0.05) is 22.5 Å². The molecule has 3 nitrogen and oxygen atoms in total. The molecule has 0 saturated carbocycles. The summed E-state index contributed by atoms with van der Waals surface area (Å²) in [5.41, 5.74) is 2.29. The van der Waals surface area contributed by atoms with Gasteiger partial charge in [-0.15, -0.1) is 11.3 Å². The number of thiophene rings is 1.